The van der Waals surface area contributed by atoms with Crippen LogP contribution in [0.2, 0.25) is 0 Å². The number of hydrogen-bond donors (Lipinski definition) is 1. The first-order valence-electron chi connectivity index (χ1n) is 11.3. The molecule has 0 aromatic heterocycles. The van der Waals surface area contributed by atoms with Crippen LogP contribution >= 0.6 is 0 Å². The Kier molecular flexibility index (Phi) is 6.53. The summed E-state index contributed by atoms with van der Waals surface area (Å²) in [4.78, 5) is 18.2. The molecule has 0 aliphatic heterocycles. The molecule has 4 aromatic rings. The van der Waals surface area contributed by atoms with Crippen molar-refractivity contribution in [2.75, 3.05) is 38.0 Å². The standard InChI is InChI=1S/C30H30N2O2/c1-31(2)25-18-14-22(15-19-25)27-12-8-9-13-28(27)29(33)30(34,23-10-6-5-7-11-23)24-16-20-26(21-17-24)32(3)4/h5-21,34H,1-4H3. The van der Waals surface area contributed by atoms with Gasteiger partial charge in [0.15, 0.2) is 5.60 Å². The molecule has 0 radical (unpaired) electrons. The number of hydrogen-bond acceptors (Lipinski definition) is 4. The van der Waals surface area contributed by atoms with Gasteiger partial charge in [-0.1, -0.05) is 78.9 Å². The molecule has 4 nitrogen and oxygen atoms in total. The summed E-state index contributed by atoms with van der Waals surface area (Å²) in [6.07, 6.45) is 0. The van der Waals surface area contributed by atoms with Gasteiger partial charge in [0.05, 0.1) is 0 Å². The van der Waals surface area contributed by atoms with Crippen molar-refractivity contribution in [2.45, 2.75) is 5.60 Å². The monoisotopic (exact) mass is 450 g/mol. The molecule has 0 saturated heterocycles. The van der Waals surface area contributed by atoms with Crippen molar-refractivity contribution in [3.63, 3.8) is 0 Å². The van der Waals surface area contributed by atoms with Crippen LogP contribution in [0.5, 0.6) is 0 Å². The van der Waals surface area contributed by atoms with E-state index >= 15 is 0 Å². The number of ketones is 1. The third-order valence-corrected chi connectivity index (χ3v) is 6.19. The fourth-order valence-corrected chi connectivity index (χ4v) is 4.18. The molecule has 0 fully saturated rings. The molecule has 0 spiro atoms. The van der Waals surface area contributed by atoms with Crippen molar-refractivity contribution >= 4 is 17.2 Å². The molecule has 4 aromatic carbocycles. The van der Waals surface area contributed by atoms with Crippen LogP contribution in [0.4, 0.5) is 11.4 Å². The third kappa shape index (κ3) is 4.33. The normalized spacial score (nSPS) is 12.6. The molecule has 4 heteroatoms. The van der Waals surface area contributed by atoms with Gasteiger partial charge in [-0.25, -0.2) is 0 Å². The molecular formula is C30H30N2O2. The molecular weight excluding hydrogens is 420 g/mol. The smallest absolute Gasteiger partial charge is 0.204 e. The highest BCUT2D eigenvalue weighted by Crippen LogP contribution is 2.37. The molecule has 4 rings (SSSR count). The number of aliphatic hydroxyl groups is 1. The molecule has 172 valence electrons. The van der Waals surface area contributed by atoms with Crippen LogP contribution in [-0.4, -0.2) is 39.1 Å². The average Bonchev–Trinajstić information content (AvgIpc) is 2.88. The fourth-order valence-electron chi connectivity index (χ4n) is 4.18. The maximum atomic E-state index is 14.2. The summed E-state index contributed by atoms with van der Waals surface area (Å²) in [7, 11) is 7.91. The number of rotatable bonds is 7. The number of carbonyl (C=O) groups excluding carboxylic acids is 1. The van der Waals surface area contributed by atoms with Crippen molar-refractivity contribution in [1.29, 1.82) is 0 Å². The Bertz CT molecular complexity index is 1260. The van der Waals surface area contributed by atoms with Gasteiger partial charge < -0.3 is 14.9 Å². The van der Waals surface area contributed by atoms with Crippen LogP contribution in [0.25, 0.3) is 11.1 Å². The molecule has 1 N–H and O–H groups in total. The molecule has 34 heavy (non-hydrogen) atoms. The number of nitrogens with zero attached hydrogens (tertiary/aromatic N) is 2. The van der Waals surface area contributed by atoms with E-state index in [4.69, 9.17) is 0 Å². The van der Waals surface area contributed by atoms with E-state index in [2.05, 4.69) is 0 Å². The Balaban J connectivity index is 1.85. The van der Waals surface area contributed by atoms with Crippen LogP contribution in [0.3, 0.4) is 0 Å². The summed E-state index contributed by atoms with van der Waals surface area (Å²) in [5.41, 5.74) is 3.50. The molecule has 0 amide bonds. The van der Waals surface area contributed by atoms with E-state index in [1.54, 1.807) is 18.2 Å². The summed E-state index contributed by atoms with van der Waals surface area (Å²) < 4.78 is 0. The van der Waals surface area contributed by atoms with Crippen LogP contribution in [0.15, 0.2) is 103 Å². The zero-order chi connectivity index (χ0) is 24.3. The van der Waals surface area contributed by atoms with Gasteiger partial charge in [0, 0.05) is 45.1 Å². The Labute approximate surface area is 201 Å². The molecule has 0 aliphatic carbocycles. The van der Waals surface area contributed by atoms with Crippen molar-refractivity contribution in [3.8, 4) is 11.1 Å². The maximum Gasteiger partial charge on any atom is 0.204 e. The highest BCUT2D eigenvalue weighted by Gasteiger charge is 2.41. The van der Waals surface area contributed by atoms with Crippen LogP contribution in [-0.2, 0) is 5.60 Å². The van der Waals surface area contributed by atoms with E-state index in [0.717, 1.165) is 22.5 Å². The molecule has 0 saturated carbocycles. The second-order valence-corrected chi connectivity index (χ2v) is 8.83. The Hall–Kier alpha value is -3.89. The van der Waals surface area contributed by atoms with Crippen molar-refractivity contribution in [3.05, 3.63) is 120 Å². The van der Waals surface area contributed by atoms with Gasteiger partial charge in [-0.2, -0.15) is 0 Å². The highest BCUT2D eigenvalue weighted by molar-refractivity contribution is 6.09. The van der Waals surface area contributed by atoms with E-state index in [-0.39, 0.29) is 5.78 Å². The minimum Gasteiger partial charge on any atom is -0.378 e. The van der Waals surface area contributed by atoms with E-state index in [0.29, 0.717) is 16.7 Å². The Morgan fingerprint density at radius 3 is 1.65 bits per heavy atom. The zero-order valence-electron chi connectivity index (χ0n) is 20.1. The van der Waals surface area contributed by atoms with Gasteiger partial charge in [-0.15, -0.1) is 0 Å². The van der Waals surface area contributed by atoms with Gasteiger partial charge in [0.2, 0.25) is 5.78 Å². The molecule has 0 aliphatic rings. The number of benzene rings is 4. The lowest BCUT2D eigenvalue weighted by Gasteiger charge is -2.29. The lowest BCUT2D eigenvalue weighted by molar-refractivity contribution is 0.0488. The van der Waals surface area contributed by atoms with Crippen LogP contribution in [0.1, 0.15) is 21.5 Å². The third-order valence-electron chi connectivity index (χ3n) is 6.19. The zero-order valence-corrected chi connectivity index (χ0v) is 20.1. The van der Waals surface area contributed by atoms with Crippen LogP contribution in [0, 0.1) is 0 Å². The van der Waals surface area contributed by atoms with Crippen molar-refractivity contribution < 1.29 is 9.90 Å². The number of Topliss-reactive ketones (excluding diaryl/α,β-unsaturated/α-hetero) is 1. The van der Waals surface area contributed by atoms with Gasteiger partial charge in [-0.05, 0) is 46.5 Å². The van der Waals surface area contributed by atoms with Gasteiger partial charge in [0.1, 0.15) is 0 Å². The first kappa shape index (κ1) is 23.3. The molecule has 0 heterocycles. The van der Waals surface area contributed by atoms with E-state index in [1.807, 2.05) is 123 Å². The second kappa shape index (κ2) is 9.54. The first-order valence-corrected chi connectivity index (χ1v) is 11.3. The van der Waals surface area contributed by atoms with E-state index in [9.17, 15) is 9.90 Å². The lowest BCUT2D eigenvalue weighted by Crippen LogP contribution is -2.37. The predicted molar refractivity (Wildman–Crippen MR) is 141 cm³/mol. The summed E-state index contributed by atoms with van der Waals surface area (Å²) in [6, 6.07) is 32.2. The largest absolute Gasteiger partial charge is 0.378 e. The van der Waals surface area contributed by atoms with Gasteiger partial charge in [-0.3, -0.25) is 4.79 Å². The lowest BCUT2D eigenvalue weighted by atomic mass is 9.78. The second-order valence-electron chi connectivity index (χ2n) is 8.83. The Morgan fingerprint density at radius 2 is 1.09 bits per heavy atom. The SMILES string of the molecule is CN(C)c1ccc(-c2ccccc2C(=O)C(O)(c2ccccc2)c2ccc(N(C)C)cc2)cc1. The molecule has 1 unspecified atom stereocenters. The summed E-state index contributed by atoms with van der Waals surface area (Å²) in [5, 5.41) is 12.1. The number of carbonyl (C=O) groups is 1. The van der Waals surface area contributed by atoms with E-state index < -0.39 is 5.60 Å². The van der Waals surface area contributed by atoms with E-state index in [1.165, 1.54) is 0 Å². The highest BCUT2D eigenvalue weighted by atomic mass is 16.3. The minimum atomic E-state index is -1.83. The summed E-state index contributed by atoms with van der Waals surface area (Å²) >= 11 is 0. The summed E-state index contributed by atoms with van der Waals surface area (Å²) in [6.45, 7) is 0. The molecule has 0 bridgehead atoms. The molecule has 1 atom stereocenters. The van der Waals surface area contributed by atoms with Crippen molar-refractivity contribution in [2.24, 2.45) is 0 Å². The minimum absolute atomic E-state index is 0.358. The van der Waals surface area contributed by atoms with Crippen LogP contribution < -0.4 is 9.80 Å². The maximum absolute atomic E-state index is 14.2. The van der Waals surface area contributed by atoms with Gasteiger partial charge in [0.25, 0.3) is 0 Å². The average molecular weight is 451 g/mol. The topological polar surface area (TPSA) is 43.8 Å². The first-order chi connectivity index (χ1) is 16.3. The Morgan fingerprint density at radius 1 is 0.618 bits per heavy atom. The fraction of sp³-hybridized carbons (Fsp3) is 0.167. The number of anilines is 2. The van der Waals surface area contributed by atoms with Gasteiger partial charge >= 0.3 is 0 Å². The predicted octanol–water partition coefficient (Wildman–Crippen LogP) is 5.60. The van der Waals surface area contributed by atoms with Crippen molar-refractivity contribution in [1.82, 2.24) is 0 Å². The quantitative estimate of drug-likeness (QED) is 0.372. The summed E-state index contributed by atoms with van der Waals surface area (Å²) in [5.74, 6) is -0.358.